The summed E-state index contributed by atoms with van der Waals surface area (Å²) < 4.78 is 27.5. The second kappa shape index (κ2) is 5.36. The van der Waals surface area contributed by atoms with E-state index in [0.717, 1.165) is 19.5 Å². The van der Waals surface area contributed by atoms with Gasteiger partial charge in [-0.1, -0.05) is 0 Å². The summed E-state index contributed by atoms with van der Waals surface area (Å²) in [6.45, 7) is 2.25. The highest BCUT2D eigenvalue weighted by atomic mass is 19.3. The fraction of sp³-hybridized carbons (Fsp3) is 0.714. The van der Waals surface area contributed by atoms with Crippen molar-refractivity contribution in [1.82, 2.24) is 20.0 Å². The minimum Gasteiger partial charge on any atom is -0.356 e. The highest BCUT2D eigenvalue weighted by molar-refractivity contribution is 5.79. The molecule has 3 rings (SSSR count). The van der Waals surface area contributed by atoms with Crippen molar-refractivity contribution in [2.24, 2.45) is 5.92 Å². The normalized spacial score (nSPS) is 25.2. The summed E-state index contributed by atoms with van der Waals surface area (Å²) >= 11 is 0. The molecule has 1 N–H and O–H groups in total. The van der Waals surface area contributed by atoms with Crippen molar-refractivity contribution in [2.75, 3.05) is 20.1 Å². The maximum atomic E-state index is 12.7. The number of nitrogens with one attached hydrogen (secondary N) is 1. The lowest BCUT2D eigenvalue weighted by molar-refractivity contribution is -0.150. The van der Waals surface area contributed by atoms with Crippen LogP contribution in [0.3, 0.4) is 0 Å². The Bertz CT molecular complexity index is 523. The molecule has 0 saturated heterocycles. The van der Waals surface area contributed by atoms with Crippen LogP contribution < -0.4 is 5.32 Å². The van der Waals surface area contributed by atoms with E-state index in [1.165, 1.54) is 5.69 Å². The summed E-state index contributed by atoms with van der Waals surface area (Å²) in [5.41, 5.74) is 1.17. The van der Waals surface area contributed by atoms with Crippen molar-refractivity contribution in [2.45, 2.75) is 37.8 Å². The first kappa shape index (κ1) is 14.4. The average molecular weight is 298 g/mol. The highest BCUT2D eigenvalue weighted by Gasteiger charge is 2.48. The molecular formula is C14H20F2N4O. The molecule has 1 fully saturated rings. The minimum absolute atomic E-state index is 0.219. The standard InChI is InChI=1S/C14H20F2N4O/c1-19-8-11(20-12(9-19)3-5-18-20)2-4-17-13(21)10-6-14(15,16)7-10/h3,5,10-11H,2,4,6-9H2,1H3,(H,17,21)/t11-/m1/s1. The molecule has 1 aliphatic heterocycles. The smallest absolute Gasteiger partial charge is 0.249 e. The van der Waals surface area contributed by atoms with Crippen molar-refractivity contribution < 1.29 is 13.6 Å². The van der Waals surface area contributed by atoms with Gasteiger partial charge in [-0.25, -0.2) is 8.78 Å². The van der Waals surface area contributed by atoms with Crippen molar-refractivity contribution in [1.29, 1.82) is 0 Å². The Kier molecular flexibility index (Phi) is 3.69. The third-order valence-corrected chi connectivity index (χ3v) is 4.29. The number of carbonyl (C=O) groups is 1. The number of nitrogens with zero attached hydrogens (tertiary/aromatic N) is 3. The van der Waals surface area contributed by atoms with Crippen LogP contribution in [0.1, 0.15) is 31.0 Å². The van der Waals surface area contributed by atoms with E-state index in [1.54, 1.807) is 6.20 Å². The van der Waals surface area contributed by atoms with E-state index < -0.39 is 11.8 Å². The first-order valence-corrected chi connectivity index (χ1v) is 7.31. The topological polar surface area (TPSA) is 50.2 Å². The third kappa shape index (κ3) is 3.07. The van der Waals surface area contributed by atoms with Crippen LogP contribution in [-0.2, 0) is 11.3 Å². The Hall–Kier alpha value is -1.50. The fourth-order valence-electron chi connectivity index (χ4n) is 3.14. The van der Waals surface area contributed by atoms with Gasteiger partial charge in [0.15, 0.2) is 0 Å². The van der Waals surface area contributed by atoms with Gasteiger partial charge in [0.2, 0.25) is 11.8 Å². The maximum absolute atomic E-state index is 12.7. The molecule has 0 aromatic carbocycles. The van der Waals surface area contributed by atoms with Crippen molar-refractivity contribution >= 4 is 5.91 Å². The first-order chi connectivity index (χ1) is 9.94. The quantitative estimate of drug-likeness (QED) is 0.914. The summed E-state index contributed by atoms with van der Waals surface area (Å²) in [5.74, 6) is -3.40. The number of alkyl halides is 2. The molecule has 0 radical (unpaired) electrons. The van der Waals surface area contributed by atoms with E-state index in [9.17, 15) is 13.6 Å². The Morgan fingerprint density at radius 1 is 1.52 bits per heavy atom. The first-order valence-electron chi connectivity index (χ1n) is 7.31. The molecule has 1 amide bonds. The molecule has 1 saturated carbocycles. The molecule has 116 valence electrons. The predicted molar refractivity (Wildman–Crippen MR) is 72.9 cm³/mol. The number of carbonyl (C=O) groups excluding carboxylic acids is 1. The number of fused-ring (bicyclic) bond motifs is 1. The summed E-state index contributed by atoms with van der Waals surface area (Å²) in [6.07, 6.45) is 1.92. The van der Waals surface area contributed by atoms with Gasteiger partial charge in [0.1, 0.15) is 0 Å². The van der Waals surface area contributed by atoms with E-state index in [2.05, 4.69) is 22.4 Å². The Labute approximate surface area is 122 Å². The second-order valence-electron chi connectivity index (χ2n) is 6.16. The average Bonchev–Trinajstić information content (AvgIpc) is 2.83. The summed E-state index contributed by atoms with van der Waals surface area (Å²) in [7, 11) is 2.05. The SMILES string of the molecule is CN1Cc2ccnn2[C@H](CCNC(=O)C2CC(F)(F)C2)C1. The molecule has 1 aromatic heterocycles. The number of hydrogen-bond acceptors (Lipinski definition) is 3. The molecule has 0 bridgehead atoms. The molecular weight excluding hydrogens is 278 g/mol. The molecule has 0 spiro atoms. The molecule has 7 heteroatoms. The van der Waals surface area contributed by atoms with Crippen LogP contribution in [-0.4, -0.2) is 46.6 Å². The van der Waals surface area contributed by atoms with Gasteiger partial charge in [-0.2, -0.15) is 5.10 Å². The largest absolute Gasteiger partial charge is 0.356 e. The molecule has 21 heavy (non-hydrogen) atoms. The lowest BCUT2D eigenvalue weighted by atomic mass is 9.81. The third-order valence-electron chi connectivity index (χ3n) is 4.29. The lowest BCUT2D eigenvalue weighted by Gasteiger charge is -2.34. The zero-order valence-corrected chi connectivity index (χ0v) is 12.1. The number of rotatable bonds is 4. The van der Waals surface area contributed by atoms with Gasteiger partial charge in [-0.3, -0.25) is 14.4 Å². The molecule has 2 heterocycles. The van der Waals surface area contributed by atoms with Gasteiger partial charge in [-0.05, 0) is 19.5 Å². The van der Waals surface area contributed by atoms with Crippen LogP contribution in [0.4, 0.5) is 8.78 Å². The molecule has 1 aliphatic carbocycles. The number of halogens is 2. The summed E-state index contributed by atoms with van der Waals surface area (Å²) in [5, 5.41) is 7.11. The van der Waals surface area contributed by atoms with Crippen LogP contribution in [0, 0.1) is 5.92 Å². The van der Waals surface area contributed by atoms with Crippen molar-refractivity contribution in [3.8, 4) is 0 Å². The van der Waals surface area contributed by atoms with Crippen LogP contribution in [0.5, 0.6) is 0 Å². The van der Waals surface area contributed by atoms with Crippen LogP contribution in [0.2, 0.25) is 0 Å². The summed E-state index contributed by atoms with van der Waals surface area (Å²) in [6, 6.07) is 2.22. The molecule has 0 unspecified atom stereocenters. The second-order valence-corrected chi connectivity index (χ2v) is 6.16. The monoisotopic (exact) mass is 298 g/mol. The minimum atomic E-state index is -2.64. The van der Waals surface area contributed by atoms with E-state index in [1.807, 2.05) is 10.7 Å². The van der Waals surface area contributed by atoms with E-state index >= 15 is 0 Å². The fourth-order valence-corrected chi connectivity index (χ4v) is 3.14. The van der Waals surface area contributed by atoms with Crippen LogP contribution >= 0.6 is 0 Å². The van der Waals surface area contributed by atoms with E-state index in [0.29, 0.717) is 6.54 Å². The zero-order chi connectivity index (χ0) is 15.0. The van der Waals surface area contributed by atoms with Gasteiger partial charge in [0, 0.05) is 44.6 Å². The molecule has 1 aromatic rings. The highest BCUT2D eigenvalue weighted by Crippen LogP contribution is 2.42. The molecule has 5 nitrogen and oxygen atoms in total. The van der Waals surface area contributed by atoms with Crippen LogP contribution in [0.15, 0.2) is 12.3 Å². The molecule has 1 atom stereocenters. The maximum Gasteiger partial charge on any atom is 0.249 e. The van der Waals surface area contributed by atoms with Gasteiger partial charge in [0.25, 0.3) is 0 Å². The van der Waals surface area contributed by atoms with Gasteiger partial charge in [0.05, 0.1) is 11.7 Å². The van der Waals surface area contributed by atoms with Crippen molar-refractivity contribution in [3.05, 3.63) is 18.0 Å². The Morgan fingerprint density at radius 2 is 2.29 bits per heavy atom. The Morgan fingerprint density at radius 3 is 3.00 bits per heavy atom. The van der Waals surface area contributed by atoms with Crippen molar-refractivity contribution in [3.63, 3.8) is 0 Å². The number of amides is 1. The van der Waals surface area contributed by atoms with E-state index in [4.69, 9.17) is 0 Å². The van der Waals surface area contributed by atoms with Gasteiger partial charge >= 0.3 is 0 Å². The Balaban J connectivity index is 1.47. The lowest BCUT2D eigenvalue weighted by Crippen LogP contribution is -2.45. The zero-order valence-electron chi connectivity index (χ0n) is 12.1. The van der Waals surface area contributed by atoms with E-state index in [-0.39, 0.29) is 24.8 Å². The van der Waals surface area contributed by atoms with Gasteiger partial charge in [-0.15, -0.1) is 0 Å². The number of aromatic nitrogens is 2. The van der Waals surface area contributed by atoms with Gasteiger partial charge < -0.3 is 5.32 Å². The summed E-state index contributed by atoms with van der Waals surface area (Å²) in [4.78, 5) is 14.0. The number of likely N-dealkylation sites (N-methyl/N-ethyl adjacent to an activating group) is 1. The predicted octanol–water partition coefficient (Wildman–Crippen LogP) is 1.42. The molecule has 2 aliphatic rings. The van der Waals surface area contributed by atoms with Crippen LogP contribution in [0.25, 0.3) is 0 Å². The number of hydrogen-bond donors (Lipinski definition) is 1.